The predicted molar refractivity (Wildman–Crippen MR) is 94.8 cm³/mol. The van der Waals surface area contributed by atoms with Gasteiger partial charge in [-0.05, 0) is 18.9 Å². The first-order chi connectivity index (χ1) is 12.3. The molecule has 6 heteroatoms. The van der Waals surface area contributed by atoms with Crippen LogP contribution in [0.25, 0.3) is 5.65 Å². The summed E-state index contributed by atoms with van der Waals surface area (Å²) < 4.78 is 7.75. The highest BCUT2D eigenvalue weighted by atomic mass is 16.5. The van der Waals surface area contributed by atoms with Gasteiger partial charge in [0, 0.05) is 37.1 Å². The van der Waals surface area contributed by atoms with Crippen LogP contribution in [0.5, 0.6) is 0 Å². The second-order valence-electron chi connectivity index (χ2n) is 6.99. The van der Waals surface area contributed by atoms with Crippen LogP contribution in [0.2, 0.25) is 0 Å². The third-order valence-electron chi connectivity index (χ3n) is 5.65. The van der Waals surface area contributed by atoms with Crippen LogP contribution in [0.1, 0.15) is 23.7 Å². The molecule has 2 saturated heterocycles. The van der Waals surface area contributed by atoms with Crippen molar-refractivity contribution < 1.29 is 4.74 Å². The van der Waals surface area contributed by atoms with Crippen molar-refractivity contribution in [3.8, 4) is 0 Å². The topological polar surface area (TPSA) is 55.5 Å². The highest BCUT2D eigenvalue weighted by Crippen LogP contribution is 2.42. The molecule has 0 unspecified atom stereocenters. The van der Waals surface area contributed by atoms with E-state index >= 15 is 0 Å². The number of aromatic nitrogens is 4. The predicted octanol–water partition coefficient (Wildman–Crippen LogP) is 2.44. The maximum atomic E-state index is 5.83. The lowest BCUT2D eigenvalue weighted by Gasteiger charge is -2.33. The molecule has 5 rings (SSSR count). The summed E-state index contributed by atoms with van der Waals surface area (Å²) in [5, 5.41) is 8.22. The average Bonchev–Trinajstić information content (AvgIpc) is 3.27. The maximum Gasteiger partial charge on any atom is 0.165 e. The van der Waals surface area contributed by atoms with Crippen molar-refractivity contribution in [3.05, 3.63) is 54.1 Å². The number of fused-ring (bicyclic) bond motifs is 2. The zero-order valence-corrected chi connectivity index (χ0v) is 14.2. The van der Waals surface area contributed by atoms with Crippen molar-refractivity contribution in [3.63, 3.8) is 0 Å². The van der Waals surface area contributed by atoms with E-state index in [9.17, 15) is 0 Å². The summed E-state index contributed by atoms with van der Waals surface area (Å²) in [6.07, 6.45) is 2.77. The van der Waals surface area contributed by atoms with Gasteiger partial charge in [-0.1, -0.05) is 30.3 Å². The second-order valence-corrected chi connectivity index (χ2v) is 6.99. The van der Waals surface area contributed by atoms with Crippen LogP contribution in [0.4, 0.5) is 5.82 Å². The summed E-state index contributed by atoms with van der Waals surface area (Å²) in [5.74, 6) is 2.91. The van der Waals surface area contributed by atoms with Crippen molar-refractivity contribution in [2.24, 2.45) is 5.92 Å². The summed E-state index contributed by atoms with van der Waals surface area (Å²) in [7, 11) is 0. The van der Waals surface area contributed by atoms with Gasteiger partial charge in [-0.3, -0.25) is 4.40 Å². The van der Waals surface area contributed by atoms with Gasteiger partial charge >= 0.3 is 0 Å². The molecule has 2 fully saturated rings. The van der Waals surface area contributed by atoms with Crippen LogP contribution in [0.3, 0.4) is 0 Å². The monoisotopic (exact) mass is 335 g/mol. The Morgan fingerprint density at radius 2 is 2.08 bits per heavy atom. The molecule has 0 spiro atoms. The van der Waals surface area contributed by atoms with Gasteiger partial charge in [0.15, 0.2) is 5.65 Å². The first kappa shape index (κ1) is 14.8. The van der Waals surface area contributed by atoms with Gasteiger partial charge in [-0.15, -0.1) is 10.2 Å². The van der Waals surface area contributed by atoms with Crippen molar-refractivity contribution in [1.29, 1.82) is 0 Å². The molecule has 3 atom stereocenters. The fourth-order valence-corrected chi connectivity index (χ4v) is 4.43. The van der Waals surface area contributed by atoms with Crippen LogP contribution < -0.4 is 4.90 Å². The lowest BCUT2D eigenvalue weighted by atomic mass is 9.84. The molecule has 0 N–H and O–H groups in total. The molecule has 3 aromatic rings. The fraction of sp³-hybridized carbons (Fsp3) is 0.421. The van der Waals surface area contributed by atoms with Crippen LogP contribution in [0.15, 0.2) is 42.7 Å². The largest absolute Gasteiger partial charge is 0.381 e. The molecule has 4 heterocycles. The van der Waals surface area contributed by atoms with E-state index in [4.69, 9.17) is 9.72 Å². The zero-order valence-electron chi connectivity index (χ0n) is 14.2. The zero-order chi connectivity index (χ0) is 16.8. The molecule has 6 nitrogen and oxygen atoms in total. The molecule has 0 bridgehead atoms. The van der Waals surface area contributed by atoms with Gasteiger partial charge in [0.05, 0.1) is 6.61 Å². The van der Waals surface area contributed by atoms with Crippen molar-refractivity contribution in [1.82, 2.24) is 19.6 Å². The minimum Gasteiger partial charge on any atom is -0.381 e. The van der Waals surface area contributed by atoms with E-state index in [-0.39, 0.29) is 0 Å². The number of hydrogen-bond acceptors (Lipinski definition) is 5. The average molecular weight is 335 g/mol. The third-order valence-corrected chi connectivity index (χ3v) is 5.65. The SMILES string of the molecule is Cc1nc(N2C[C@H](c3ccccc3)[C@@H]3COCC[C@H]32)cc2nncn12. The van der Waals surface area contributed by atoms with Gasteiger partial charge in [0.25, 0.3) is 0 Å². The van der Waals surface area contributed by atoms with Gasteiger partial charge in [0.1, 0.15) is 18.0 Å². The van der Waals surface area contributed by atoms with E-state index < -0.39 is 0 Å². The lowest BCUT2D eigenvalue weighted by Crippen LogP contribution is -2.39. The molecule has 0 saturated carbocycles. The first-order valence-electron chi connectivity index (χ1n) is 8.88. The molecule has 1 aromatic carbocycles. The number of aryl methyl sites for hydroxylation is 1. The van der Waals surface area contributed by atoms with Gasteiger partial charge in [-0.25, -0.2) is 4.98 Å². The molecule has 2 aliphatic rings. The van der Waals surface area contributed by atoms with Crippen molar-refractivity contribution >= 4 is 11.5 Å². The van der Waals surface area contributed by atoms with Crippen molar-refractivity contribution in [2.75, 3.05) is 24.7 Å². The van der Waals surface area contributed by atoms with E-state index in [1.54, 1.807) is 6.33 Å². The van der Waals surface area contributed by atoms with Crippen LogP contribution in [-0.2, 0) is 4.74 Å². The maximum absolute atomic E-state index is 5.83. The second kappa shape index (κ2) is 5.81. The van der Waals surface area contributed by atoms with E-state index in [2.05, 4.69) is 51.5 Å². The van der Waals surface area contributed by atoms with Crippen LogP contribution in [0, 0.1) is 12.8 Å². The van der Waals surface area contributed by atoms with E-state index in [0.717, 1.165) is 43.5 Å². The van der Waals surface area contributed by atoms with Crippen LogP contribution >= 0.6 is 0 Å². The van der Waals surface area contributed by atoms with Gasteiger partial charge in [0.2, 0.25) is 0 Å². The Kier molecular flexibility index (Phi) is 3.45. The Morgan fingerprint density at radius 1 is 1.20 bits per heavy atom. The van der Waals surface area contributed by atoms with E-state index in [0.29, 0.717) is 17.9 Å². The number of ether oxygens (including phenoxy) is 1. The molecule has 2 aromatic heterocycles. The number of nitrogens with zero attached hydrogens (tertiary/aromatic N) is 5. The molecule has 128 valence electrons. The van der Waals surface area contributed by atoms with Crippen LogP contribution in [-0.4, -0.2) is 45.4 Å². The normalized spacial score (nSPS) is 26.1. The minimum absolute atomic E-state index is 0.469. The number of anilines is 1. The Labute approximate surface area is 146 Å². The highest BCUT2D eigenvalue weighted by molar-refractivity contribution is 5.54. The molecule has 0 radical (unpaired) electrons. The number of hydrogen-bond donors (Lipinski definition) is 0. The highest BCUT2D eigenvalue weighted by Gasteiger charge is 2.44. The molecular weight excluding hydrogens is 314 g/mol. The van der Waals surface area contributed by atoms with Gasteiger partial charge < -0.3 is 9.64 Å². The van der Waals surface area contributed by atoms with Gasteiger partial charge in [-0.2, -0.15) is 0 Å². The van der Waals surface area contributed by atoms with Crippen molar-refractivity contribution in [2.45, 2.75) is 25.3 Å². The van der Waals surface area contributed by atoms with E-state index in [1.165, 1.54) is 5.56 Å². The summed E-state index contributed by atoms with van der Waals surface area (Å²) >= 11 is 0. The molecule has 0 aliphatic carbocycles. The molecular formula is C19H21N5O. The first-order valence-corrected chi connectivity index (χ1v) is 8.88. The van der Waals surface area contributed by atoms with E-state index in [1.807, 2.05) is 11.3 Å². The Balaban J connectivity index is 1.55. The molecule has 2 aliphatic heterocycles. The Bertz CT molecular complexity index is 893. The summed E-state index contributed by atoms with van der Waals surface area (Å²) in [5.41, 5.74) is 2.25. The third kappa shape index (κ3) is 2.40. The fourth-order valence-electron chi connectivity index (χ4n) is 4.43. The summed E-state index contributed by atoms with van der Waals surface area (Å²) in [6.45, 7) is 4.63. The Hall–Kier alpha value is -2.47. The lowest BCUT2D eigenvalue weighted by molar-refractivity contribution is 0.0461. The Morgan fingerprint density at radius 3 is 2.96 bits per heavy atom. The minimum atomic E-state index is 0.469. The summed E-state index contributed by atoms with van der Waals surface area (Å²) in [4.78, 5) is 7.31. The summed E-state index contributed by atoms with van der Waals surface area (Å²) in [6, 6.07) is 13.3. The quantitative estimate of drug-likeness (QED) is 0.720. The smallest absolute Gasteiger partial charge is 0.165 e. The number of benzene rings is 1. The standard InChI is InChI=1S/C19H21N5O/c1-13-21-18(9-19-22-20-12-24(13)19)23-10-15(14-5-3-2-4-6-14)16-11-25-8-7-17(16)23/h2-6,9,12,15-17H,7-8,10-11H2,1H3/t15-,16+,17-/m1/s1. The molecule has 0 amide bonds. The number of rotatable bonds is 2. The molecule has 25 heavy (non-hydrogen) atoms.